The molecule has 0 aromatic carbocycles. The minimum atomic E-state index is -0.0727. The highest BCUT2D eigenvalue weighted by atomic mass is 16.2. The Bertz CT molecular complexity index is 262. The van der Waals surface area contributed by atoms with E-state index in [2.05, 4.69) is 13.8 Å². The topological polar surface area (TPSA) is 37.4 Å². The SMILES string of the molecule is CCC(C)C1CC(=O)N(C(C)CC)C1=O. The predicted molar refractivity (Wildman–Crippen MR) is 59.2 cm³/mol. The Hall–Kier alpha value is -0.860. The van der Waals surface area contributed by atoms with E-state index in [4.69, 9.17) is 0 Å². The van der Waals surface area contributed by atoms with Crippen LogP contribution in [0.1, 0.15) is 47.0 Å². The maximum absolute atomic E-state index is 12.0. The van der Waals surface area contributed by atoms with Gasteiger partial charge < -0.3 is 0 Å². The largest absolute Gasteiger partial charge is 0.280 e. The summed E-state index contributed by atoms with van der Waals surface area (Å²) in [5.41, 5.74) is 0. The highest BCUT2D eigenvalue weighted by Crippen LogP contribution is 2.30. The highest BCUT2D eigenvalue weighted by molar-refractivity contribution is 6.03. The summed E-state index contributed by atoms with van der Waals surface area (Å²) in [5.74, 6) is 0.301. The number of hydrogen-bond acceptors (Lipinski definition) is 2. The minimum absolute atomic E-state index is 0.0136. The molecule has 3 heteroatoms. The van der Waals surface area contributed by atoms with Gasteiger partial charge in [-0.1, -0.05) is 27.2 Å². The number of imide groups is 1. The predicted octanol–water partition coefficient (Wildman–Crippen LogP) is 2.21. The molecular weight excluding hydrogens is 190 g/mol. The third kappa shape index (κ3) is 2.21. The van der Waals surface area contributed by atoms with E-state index >= 15 is 0 Å². The summed E-state index contributed by atoms with van der Waals surface area (Å²) in [6.45, 7) is 8.06. The van der Waals surface area contributed by atoms with E-state index in [1.807, 2.05) is 13.8 Å². The van der Waals surface area contributed by atoms with Crippen LogP contribution >= 0.6 is 0 Å². The molecule has 1 rings (SSSR count). The fourth-order valence-electron chi connectivity index (χ4n) is 2.05. The van der Waals surface area contributed by atoms with Crippen molar-refractivity contribution in [1.29, 1.82) is 0 Å². The van der Waals surface area contributed by atoms with Gasteiger partial charge in [0.05, 0.1) is 0 Å². The van der Waals surface area contributed by atoms with Crippen LogP contribution in [0.2, 0.25) is 0 Å². The number of amides is 2. The third-order valence-electron chi connectivity index (χ3n) is 3.58. The van der Waals surface area contributed by atoms with E-state index in [0.29, 0.717) is 12.3 Å². The van der Waals surface area contributed by atoms with Gasteiger partial charge in [0.1, 0.15) is 0 Å². The van der Waals surface area contributed by atoms with Gasteiger partial charge >= 0.3 is 0 Å². The molecule has 0 saturated carbocycles. The summed E-state index contributed by atoms with van der Waals surface area (Å²) in [6, 6.07) is 0.0547. The summed E-state index contributed by atoms with van der Waals surface area (Å²) in [5, 5.41) is 0. The van der Waals surface area contributed by atoms with Crippen molar-refractivity contribution in [3.8, 4) is 0 Å². The molecule has 2 amide bonds. The molecule has 0 aromatic heterocycles. The first-order valence-electron chi connectivity index (χ1n) is 5.88. The number of carbonyl (C=O) groups is 2. The van der Waals surface area contributed by atoms with Crippen molar-refractivity contribution in [2.24, 2.45) is 11.8 Å². The van der Waals surface area contributed by atoms with Crippen molar-refractivity contribution in [1.82, 2.24) is 4.90 Å². The first kappa shape index (κ1) is 12.2. The second-order valence-corrected chi connectivity index (χ2v) is 4.56. The molecule has 1 aliphatic rings. The van der Waals surface area contributed by atoms with Crippen LogP contribution in [0.5, 0.6) is 0 Å². The normalized spacial score (nSPS) is 25.9. The molecule has 0 aromatic rings. The molecule has 0 spiro atoms. The van der Waals surface area contributed by atoms with Gasteiger partial charge in [0, 0.05) is 18.4 Å². The zero-order chi connectivity index (χ0) is 11.6. The van der Waals surface area contributed by atoms with Crippen molar-refractivity contribution >= 4 is 11.8 Å². The summed E-state index contributed by atoms with van der Waals surface area (Å²) >= 11 is 0. The van der Waals surface area contributed by atoms with Crippen LogP contribution < -0.4 is 0 Å². The smallest absolute Gasteiger partial charge is 0.233 e. The van der Waals surface area contributed by atoms with Gasteiger partial charge in [-0.3, -0.25) is 14.5 Å². The Morgan fingerprint density at radius 3 is 2.33 bits per heavy atom. The molecule has 1 fully saturated rings. The molecule has 0 bridgehead atoms. The monoisotopic (exact) mass is 211 g/mol. The molecule has 0 aliphatic carbocycles. The first-order valence-corrected chi connectivity index (χ1v) is 5.88. The van der Waals surface area contributed by atoms with E-state index in [1.165, 1.54) is 4.90 Å². The Labute approximate surface area is 91.8 Å². The first-order chi connectivity index (χ1) is 7.02. The quantitative estimate of drug-likeness (QED) is 0.668. The lowest BCUT2D eigenvalue weighted by Crippen LogP contribution is -2.38. The van der Waals surface area contributed by atoms with Crippen molar-refractivity contribution in [3.05, 3.63) is 0 Å². The molecule has 3 nitrogen and oxygen atoms in total. The molecule has 15 heavy (non-hydrogen) atoms. The summed E-state index contributed by atoms with van der Waals surface area (Å²) in [7, 11) is 0. The second-order valence-electron chi connectivity index (χ2n) is 4.56. The second kappa shape index (κ2) is 4.77. The van der Waals surface area contributed by atoms with Gasteiger partial charge in [0.15, 0.2) is 0 Å². The summed E-state index contributed by atoms with van der Waals surface area (Å²) < 4.78 is 0. The zero-order valence-corrected chi connectivity index (χ0v) is 10.1. The highest BCUT2D eigenvalue weighted by Gasteiger charge is 2.42. The Balaban J connectivity index is 2.79. The third-order valence-corrected chi connectivity index (χ3v) is 3.58. The van der Waals surface area contributed by atoms with E-state index in [0.717, 1.165) is 12.8 Å². The minimum Gasteiger partial charge on any atom is -0.280 e. The van der Waals surface area contributed by atoms with Crippen LogP contribution in [0.15, 0.2) is 0 Å². The Morgan fingerprint density at radius 1 is 1.27 bits per heavy atom. The van der Waals surface area contributed by atoms with E-state index in [-0.39, 0.29) is 23.8 Å². The van der Waals surface area contributed by atoms with E-state index < -0.39 is 0 Å². The number of carbonyl (C=O) groups excluding carboxylic acids is 2. The fraction of sp³-hybridized carbons (Fsp3) is 0.833. The van der Waals surface area contributed by atoms with E-state index in [1.54, 1.807) is 0 Å². The standard InChI is InChI=1S/C12H21NO2/c1-5-8(3)10-7-11(14)13(12(10)15)9(4)6-2/h8-10H,5-7H2,1-4H3. The van der Waals surface area contributed by atoms with Crippen molar-refractivity contribution < 1.29 is 9.59 Å². The molecule has 0 radical (unpaired) electrons. The van der Waals surface area contributed by atoms with Crippen LogP contribution in [0, 0.1) is 11.8 Å². The molecule has 0 N–H and O–H groups in total. The molecule has 1 saturated heterocycles. The van der Waals surface area contributed by atoms with Gasteiger partial charge in [0.2, 0.25) is 11.8 Å². The number of nitrogens with zero attached hydrogens (tertiary/aromatic N) is 1. The Kier molecular flexibility index (Phi) is 3.89. The zero-order valence-electron chi connectivity index (χ0n) is 10.1. The van der Waals surface area contributed by atoms with Crippen molar-refractivity contribution in [2.75, 3.05) is 0 Å². The lowest BCUT2D eigenvalue weighted by Gasteiger charge is -2.22. The number of hydrogen-bond donors (Lipinski definition) is 0. The maximum Gasteiger partial charge on any atom is 0.233 e. The van der Waals surface area contributed by atoms with Crippen LogP contribution in [0.3, 0.4) is 0 Å². The van der Waals surface area contributed by atoms with Crippen LogP contribution in [-0.4, -0.2) is 22.8 Å². The van der Waals surface area contributed by atoms with Gasteiger partial charge in [-0.25, -0.2) is 0 Å². The van der Waals surface area contributed by atoms with Crippen LogP contribution in [-0.2, 0) is 9.59 Å². The molecule has 86 valence electrons. The summed E-state index contributed by atoms with van der Waals surface area (Å²) in [6.07, 6.45) is 2.21. The van der Waals surface area contributed by atoms with Crippen molar-refractivity contribution in [3.63, 3.8) is 0 Å². The number of rotatable bonds is 4. The lowest BCUT2D eigenvalue weighted by atomic mass is 9.90. The molecule has 3 atom stereocenters. The van der Waals surface area contributed by atoms with Crippen LogP contribution in [0.25, 0.3) is 0 Å². The molecule has 3 unspecified atom stereocenters. The lowest BCUT2D eigenvalue weighted by molar-refractivity contribution is -0.142. The maximum atomic E-state index is 12.0. The van der Waals surface area contributed by atoms with Gasteiger partial charge in [-0.05, 0) is 19.3 Å². The van der Waals surface area contributed by atoms with Crippen molar-refractivity contribution in [2.45, 2.75) is 53.0 Å². The summed E-state index contributed by atoms with van der Waals surface area (Å²) in [4.78, 5) is 25.2. The van der Waals surface area contributed by atoms with Gasteiger partial charge in [0.25, 0.3) is 0 Å². The average molecular weight is 211 g/mol. The van der Waals surface area contributed by atoms with Gasteiger partial charge in [-0.2, -0.15) is 0 Å². The molecule has 1 heterocycles. The molecular formula is C12H21NO2. The van der Waals surface area contributed by atoms with Gasteiger partial charge in [-0.15, -0.1) is 0 Å². The Morgan fingerprint density at radius 2 is 1.87 bits per heavy atom. The van der Waals surface area contributed by atoms with Crippen LogP contribution in [0.4, 0.5) is 0 Å². The number of likely N-dealkylation sites (tertiary alicyclic amines) is 1. The fourth-order valence-corrected chi connectivity index (χ4v) is 2.05. The van der Waals surface area contributed by atoms with E-state index in [9.17, 15) is 9.59 Å². The average Bonchev–Trinajstić information content (AvgIpc) is 2.52. The molecule has 1 aliphatic heterocycles.